The number of likely N-dealkylation sites (tertiary alicyclic amines) is 1. The van der Waals surface area contributed by atoms with Crippen molar-refractivity contribution < 1.29 is 14.3 Å². The lowest BCUT2D eigenvalue weighted by atomic mass is 10.0. The number of rotatable bonds is 7. The second-order valence-corrected chi connectivity index (χ2v) is 8.39. The van der Waals surface area contributed by atoms with Gasteiger partial charge in [0.15, 0.2) is 0 Å². The normalized spacial score (nSPS) is 15.5. The highest BCUT2D eigenvalue weighted by molar-refractivity contribution is 5.94. The summed E-state index contributed by atoms with van der Waals surface area (Å²) in [5.74, 6) is -0.298. The topological polar surface area (TPSA) is 57.5 Å². The molecule has 0 unspecified atom stereocenters. The van der Waals surface area contributed by atoms with E-state index >= 15 is 0 Å². The molecule has 4 rings (SSSR count). The second-order valence-electron chi connectivity index (χ2n) is 8.39. The van der Waals surface area contributed by atoms with E-state index in [0.29, 0.717) is 6.04 Å². The van der Waals surface area contributed by atoms with E-state index in [2.05, 4.69) is 34.0 Å². The van der Waals surface area contributed by atoms with Crippen LogP contribution in [0.1, 0.15) is 36.4 Å². The van der Waals surface area contributed by atoms with Crippen molar-refractivity contribution in [2.45, 2.75) is 38.6 Å². The highest BCUT2D eigenvalue weighted by Gasteiger charge is 2.22. The van der Waals surface area contributed by atoms with Gasteiger partial charge in [-0.15, -0.1) is 0 Å². The average molecular weight is 424 g/mol. The van der Waals surface area contributed by atoms with Crippen LogP contribution < -0.4 is 5.32 Å². The number of benzene rings is 2. The summed E-state index contributed by atoms with van der Waals surface area (Å²) in [6.07, 6.45) is 5.13. The standard InChI is InChI=1S/C25H30FN3O2/c1-18-17-29(24-16-20(6-7-22(18)24)27-25(31)11-15-30)21-9-13-28(14-10-21)12-8-19-4-2-3-5-23(19)26/h2-7,16-17,21,30H,8-15H2,1H3,(H,27,31). The van der Waals surface area contributed by atoms with Gasteiger partial charge in [0.25, 0.3) is 0 Å². The van der Waals surface area contributed by atoms with Crippen molar-refractivity contribution in [1.29, 1.82) is 0 Å². The Hall–Kier alpha value is -2.70. The fourth-order valence-electron chi connectivity index (χ4n) is 4.53. The molecule has 0 bridgehead atoms. The lowest BCUT2D eigenvalue weighted by molar-refractivity contribution is -0.116. The number of hydrogen-bond donors (Lipinski definition) is 2. The number of amides is 1. The SMILES string of the molecule is Cc1cn(C2CCN(CCc3ccccc3F)CC2)c2cc(NC(=O)CCO)ccc12. The van der Waals surface area contributed by atoms with Crippen LogP contribution in [0.3, 0.4) is 0 Å². The highest BCUT2D eigenvalue weighted by atomic mass is 19.1. The molecular weight excluding hydrogens is 393 g/mol. The number of halogens is 1. The third-order valence-electron chi connectivity index (χ3n) is 6.26. The van der Waals surface area contributed by atoms with E-state index in [9.17, 15) is 9.18 Å². The fourth-order valence-corrected chi connectivity index (χ4v) is 4.53. The molecule has 164 valence electrons. The maximum atomic E-state index is 13.9. The maximum absolute atomic E-state index is 13.9. The summed E-state index contributed by atoms with van der Waals surface area (Å²) >= 11 is 0. The Morgan fingerprint density at radius 3 is 2.71 bits per heavy atom. The van der Waals surface area contributed by atoms with Crippen LogP contribution in [0.25, 0.3) is 10.9 Å². The van der Waals surface area contributed by atoms with Crippen molar-refractivity contribution >= 4 is 22.5 Å². The Morgan fingerprint density at radius 2 is 1.97 bits per heavy atom. The molecule has 0 aliphatic carbocycles. The Bertz CT molecular complexity index is 1050. The quantitative estimate of drug-likeness (QED) is 0.596. The molecule has 2 heterocycles. The average Bonchev–Trinajstić information content (AvgIpc) is 3.09. The molecule has 1 aliphatic heterocycles. The number of aromatic nitrogens is 1. The van der Waals surface area contributed by atoms with Gasteiger partial charge in [0.05, 0.1) is 18.5 Å². The molecule has 6 heteroatoms. The summed E-state index contributed by atoms with van der Waals surface area (Å²) in [4.78, 5) is 14.3. The van der Waals surface area contributed by atoms with Crippen molar-refractivity contribution in [1.82, 2.24) is 9.47 Å². The van der Waals surface area contributed by atoms with Gasteiger partial charge in [0.1, 0.15) is 5.82 Å². The summed E-state index contributed by atoms with van der Waals surface area (Å²) in [7, 11) is 0. The van der Waals surface area contributed by atoms with Crippen LogP contribution >= 0.6 is 0 Å². The number of anilines is 1. The monoisotopic (exact) mass is 423 g/mol. The summed E-state index contributed by atoms with van der Waals surface area (Å²) in [5.41, 5.74) is 3.90. The molecule has 0 saturated carbocycles. The van der Waals surface area contributed by atoms with Gasteiger partial charge in [-0.3, -0.25) is 4.79 Å². The van der Waals surface area contributed by atoms with Crippen LogP contribution in [-0.4, -0.2) is 46.7 Å². The van der Waals surface area contributed by atoms with Crippen molar-refractivity contribution in [2.24, 2.45) is 0 Å². The molecule has 5 nitrogen and oxygen atoms in total. The zero-order valence-electron chi connectivity index (χ0n) is 18.0. The van der Waals surface area contributed by atoms with Crippen LogP contribution in [-0.2, 0) is 11.2 Å². The first kappa shape index (κ1) is 21.5. The lowest BCUT2D eigenvalue weighted by Crippen LogP contribution is -2.35. The smallest absolute Gasteiger partial charge is 0.226 e. The number of carbonyl (C=O) groups is 1. The van der Waals surface area contributed by atoms with E-state index in [1.54, 1.807) is 6.07 Å². The molecule has 3 aromatic rings. The first-order chi connectivity index (χ1) is 15.0. The van der Waals surface area contributed by atoms with Gasteiger partial charge in [0.2, 0.25) is 5.91 Å². The van der Waals surface area contributed by atoms with Gasteiger partial charge in [0, 0.05) is 42.9 Å². The Labute approximate surface area is 182 Å². The summed E-state index contributed by atoms with van der Waals surface area (Å²) in [6, 6.07) is 13.4. The molecule has 31 heavy (non-hydrogen) atoms. The third kappa shape index (κ3) is 4.97. The minimum atomic E-state index is -0.181. The molecule has 1 aliphatic rings. The second kappa shape index (κ2) is 9.62. The number of fused-ring (bicyclic) bond motifs is 1. The summed E-state index contributed by atoms with van der Waals surface area (Å²) in [5, 5.41) is 13.0. The van der Waals surface area contributed by atoms with E-state index in [-0.39, 0.29) is 24.8 Å². The van der Waals surface area contributed by atoms with E-state index in [1.807, 2.05) is 24.3 Å². The molecule has 0 atom stereocenters. The van der Waals surface area contributed by atoms with E-state index in [4.69, 9.17) is 5.11 Å². The van der Waals surface area contributed by atoms with Gasteiger partial charge in [-0.05, 0) is 55.5 Å². The van der Waals surface area contributed by atoms with Crippen molar-refractivity contribution in [3.63, 3.8) is 0 Å². The molecule has 0 spiro atoms. The van der Waals surface area contributed by atoms with Crippen molar-refractivity contribution in [3.05, 3.63) is 65.6 Å². The molecule has 1 fully saturated rings. The van der Waals surface area contributed by atoms with Crippen LogP contribution in [0.4, 0.5) is 10.1 Å². The number of carbonyl (C=O) groups excluding carboxylic acids is 1. The third-order valence-corrected chi connectivity index (χ3v) is 6.26. The summed E-state index contributed by atoms with van der Waals surface area (Å²) in [6.45, 7) is 4.82. The van der Waals surface area contributed by atoms with Crippen LogP contribution in [0, 0.1) is 12.7 Å². The van der Waals surface area contributed by atoms with Crippen LogP contribution in [0.15, 0.2) is 48.7 Å². The van der Waals surface area contributed by atoms with Gasteiger partial charge >= 0.3 is 0 Å². The molecule has 1 aromatic heterocycles. The number of aliphatic hydroxyl groups is 1. The molecule has 1 amide bonds. The highest BCUT2D eigenvalue weighted by Crippen LogP contribution is 2.31. The van der Waals surface area contributed by atoms with Gasteiger partial charge in [-0.2, -0.15) is 0 Å². The zero-order valence-corrected chi connectivity index (χ0v) is 18.0. The Balaban J connectivity index is 1.42. The Kier molecular flexibility index (Phi) is 6.68. The minimum absolute atomic E-state index is 0.101. The van der Waals surface area contributed by atoms with E-state index in [1.165, 1.54) is 17.0 Å². The van der Waals surface area contributed by atoms with Crippen LogP contribution in [0.2, 0.25) is 0 Å². The lowest BCUT2D eigenvalue weighted by Gasteiger charge is -2.33. The number of nitrogens with one attached hydrogen (secondary N) is 1. The van der Waals surface area contributed by atoms with Gasteiger partial charge in [-0.25, -0.2) is 4.39 Å². The fraction of sp³-hybridized carbons (Fsp3) is 0.400. The predicted octanol–water partition coefficient (Wildman–Crippen LogP) is 4.29. The number of hydrogen-bond acceptors (Lipinski definition) is 3. The molecule has 2 aromatic carbocycles. The zero-order chi connectivity index (χ0) is 21.8. The summed E-state index contributed by atoms with van der Waals surface area (Å²) < 4.78 is 16.2. The molecule has 1 saturated heterocycles. The number of aliphatic hydroxyl groups excluding tert-OH is 1. The van der Waals surface area contributed by atoms with Gasteiger partial charge < -0.3 is 19.9 Å². The molecule has 0 radical (unpaired) electrons. The first-order valence-corrected chi connectivity index (χ1v) is 11.0. The van der Waals surface area contributed by atoms with E-state index < -0.39 is 0 Å². The largest absolute Gasteiger partial charge is 0.396 e. The molecule has 2 N–H and O–H groups in total. The number of piperidine rings is 1. The maximum Gasteiger partial charge on any atom is 0.226 e. The van der Waals surface area contributed by atoms with Crippen molar-refractivity contribution in [2.75, 3.05) is 31.6 Å². The molecular formula is C25H30FN3O2. The number of nitrogens with zero attached hydrogens (tertiary/aromatic N) is 2. The minimum Gasteiger partial charge on any atom is -0.396 e. The Morgan fingerprint density at radius 1 is 1.19 bits per heavy atom. The van der Waals surface area contributed by atoms with E-state index in [0.717, 1.165) is 55.7 Å². The first-order valence-electron chi connectivity index (χ1n) is 11.0. The predicted molar refractivity (Wildman–Crippen MR) is 122 cm³/mol. The van der Waals surface area contributed by atoms with Crippen molar-refractivity contribution in [3.8, 4) is 0 Å². The number of aryl methyl sites for hydroxylation is 1. The van der Waals surface area contributed by atoms with Crippen LogP contribution in [0.5, 0.6) is 0 Å². The van der Waals surface area contributed by atoms with Gasteiger partial charge in [-0.1, -0.05) is 24.3 Å².